The molecule has 4 rings (SSSR count). The van der Waals surface area contributed by atoms with Gasteiger partial charge in [0.2, 0.25) is 5.95 Å². The van der Waals surface area contributed by atoms with E-state index in [1.807, 2.05) is 13.2 Å². The van der Waals surface area contributed by atoms with Gasteiger partial charge in [-0.2, -0.15) is 10.1 Å². The van der Waals surface area contributed by atoms with Crippen molar-refractivity contribution in [2.45, 2.75) is 6.92 Å². The third kappa shape index (κ3) is 3.79. The van der Waals surface area contributed by atoms with Crippen LogP contribution in [0.5, 0.6) is 0 Å². The van der Waals surface area contributed by atoms with Crippen molar-refractivity contribution < 1.29 is 0 Å². The van der Waals surface area contributed by atoms with E-state index < -0.39 is 0 Å². The molecule has 0 amide bonds. The van der Waals surface area contributed by atoms with Gasteiger partial charge in [-0.3, -0.25) is 4.68 Å². The molecule has 0 unspecified atom stereocenters. The van der Waals surface area contributed by atoms with Gasteiger partial charge in [0.25, 0.3) is 0 Å². The molecule has 138 valence electrons. The Hall–Kier alpha value is -1.28. The summed E-state index contributed by atoms with van der Waals surface area (Å²) in [6.07, 6.45) is 5.28. The smallest absolute Gasteiger partial charge is 0.229 e. The number of nitrogens with zero attached hydrogens (tertiary/aromatic N) is 5. The van der Waals surface area contributed by atoms with E-state index in [-0.39, 0.29) is 24.8 Å². The molecule has 7 nitrogen and oxygen atoms in total. The molecule has 0 spiro atoms. The van der Waals surface area contributed by atoms with Gasteiger partial charge in [-0.05, 0) is 5.92 Å². The first-order valence-electron chi connectivity index (χ1n) is 7.77. The zero-order chi connectivity index (χ0) is 16.0. The van der Waals surface area contributed by atoms with Crippen LogP contribution in [0, 0.1) is 11.3 Å². The van der Waals surface area contributed by atoms with Crippen LogP contribution in [0.4, 0.5) is 17.5 Å². The second-order valence-corrected chi connectivity index (χ2v) is 7.16. The number of hydrogen-bond donors (Lipinski definition) is 2. The minimum absolute atomic E-state index is 0. The van der Waals surface area contributed by atoms with Gasteiger partial charge in [0.05, 0.1) is 18.1 Å². The van der Waals surface area contributed by atoms with Gasteiger partial charge in [0, 0.05) is 44.8 Å². The maximum atomic E-state index is 6.36. The molecule has 2 aliphatic rings. The zero-order valence-corrected chi connectivity index (χ0v) is 16.5. The molecule has 25 heavy (non-hydrogen) atoms. The highest BCUT2D eigenvalue weighted by Gasteiger charge is 2.46. The number of fused-ring (bicyclic) bond motifs is 1. The molecule has 4 heterocycles. The average Bonchev–Trinajstić information content (AvgIpc) is 3.14. The first-order valence-corrected chi connectivity index (χ1v) is 8.15. The number of hydrogen-bond acceptors (Lipinski definition) is 6. The Morgan fingerprint density at radius 2 is 2.16 bits per heavy atom. The van der Waals surface area contributed by atoms with Gasteiger partial charge >= 0.3 is 0 Å². The van der Waals surface area contributed by atoms with Crippen LogP contribution in [-0.2, 0) is 7.05 Å². The summed E-state index contributed by atoms with van der Waals surface area (Å²) in [5.74, 6) is 1.99. The third-order valence-electron chi connectivity index (χ3n) is 4.88. The van der Waals surface area contributed by atoms with E-state index in [1.54, 1.807) is 17.1 Å². The summed E-state index contributed by atoms with van der Waals surface area (Å²) in [7, 11) is 1.87. The zero-order valence-electron chi connectivity index (χ0n) is 14.1. The van der Waals surface area contributed by atoms with Crippen LogP contribution in [0.1, 0.15) is 6.92 Å². The first-order chi connectivity index (χ1) is 11.0. The van der Waals surface area contributed by atoms with Gasteiger partial charge in [-0.1, -0.05) is 18.5 Å². The second-order valence-electron chi connectivity index (χ2n) is 6.76. The van der Waals surface area contributed by atoms with Gasteiger partial charge < -0.3 is 15.5 Å². The molecule has 10 heteroatoms. The molecule has 0 radical (unpaired) electrons. The normalized spacial score (nSPS) is 24.4. The topological polar surface area (TPSA) is 70.9 Å². The molecular weight excluding hydrogens is 385 g/mol. The van der Waals surface area contributed by atoms with Crippen LogP contribution in [-0.4, -0.2) is 45.9 Å². The summed E-state index contributed by atoms with van der Waals surface area (Å²) in [6, 6.07) is 0. The van der Waals surface area contributed by atoms with Crippen molar-refractivity contribution in [3.05, 3.63) is 23.6 Å². The molecule has 2 saturated heterocycles. The quantitative estimate of drug-likeness (QED) is 0.816. The summed E-state index contributed by atoms with van der Waals surface area (Å²) >= 11 is 6.36. The molecule has 0 aliphatic carbocycles. The van der Waals surface area contributed by atoms with Crippen molar-refractivity contribution in [2.24, 2.45) is 18.4 Å². The number of aryl methyl sites for hydroxylation is 1. The molecule has 2 N–H and O–H groups in total. The molecule has 0 bridgehead atoms. The largest absolute Gasteiger partial charge is 0.354 e. The highest BCUT2D eigenvalue weighted by molar-refractivity contribution is 6.32. The molecular formula is C15H22Cl3N7. The van der Waals surface area contributed by atoms with Gasteiger partial charge in [0.15, 0.2) is 5.82 Å². The summed E-state index contributed by atoms with van der Waals surface area (Å²) in [5, 5.41) is 11.4. The highest BCUT2D eigenvalue weighted by atomic mass is 35.5. The molecule has 2 aromatic rings. The Morgan fingerprint density at radius 3 is 2.84 bits per heavy atom. The Morgan fingerprint density at radius 1 is 1.36 bits per heavy atom. The van der Waals surface area contributed by atoms with Crippen molar-refractivity contribution in [1.82, 2.24) is 25.1 Å². The van der Waals surface area contributed by atoms with Crippen LogP contribution in [0.25, 0.3) is 0 Å². The fourth-order valence-electron chi connectivity index (χ4n) is 3.58. The predicted octanol–water partition coefficient (Wildman–Crippen LogP) is 2.50. The van der Waals surface area contributed by atoms with Crippen molar-refractivity contribution in [2.75, 3.05) is 36.4 Å². The average molecular weight is 407 g/mol. The minimum atomic E-state index is 0. The lowest BCUT2D eigenvalue weighted by atomic mass is 9.83. The van der Waals surface area contributed by atoms with E-state index >= 15 is 0 Å². The SMILES string of the molecule is Cl.Cl.Cn1cc(Nc2ncc(Cl)c(N3C[C@H]4CNC[C@]4(C)C3)n2)cn1. The highest BCUT2D eigenvalue weighted by Crippen LogP contribution is 2.41. The predicted molar refractivity (Wildman–Crippen MR) is 105 cm³/mol. The van der Waals surface area contributed by atoms with E-state index in [2.05, 4.69) is 37.5 Å². The Kier molecular flexibility index (Phi) is 6.04. The Labute approximate surface area is 164 Å². The maximum Gasteiger partial charge on any atom is 0.229 e. The summed E-state index contributed by atoms with van der Waals surface area (Å²) < 4.78 is 1.73. The monoisotopic (exact) mass is 405 g/mol. The molecule has 2 atom stereocenters. The van der Waals surface area contributed by atoms with Crippen molar-refractivity contribution >= 4 is 53.9 Å². The number of aromatic nitrogens is 4. The van der Waals surface area contributed by atoms with E-state index in [0.29, 0.717) is 22.3 Å². The first kappa shape index (κ1) is 20.0. The minimum Gasteiger partial charge on any atom is -0.354 e. The molecule has 0 aromatic carbocycles. The molecule has 0 saturated carbocycles. The van der Waals surface area contributed by atoms with E-state index in [4.69, 9.17) is 11.6 Å². The van der Waals surface area contributed by atoms with Crippen molar-refractivity contribution in [3.63, 3.8) is 0 Å². The number of halogens is 3. The number of rotatable bonds is 3. The van der Waals surface area contributed by atoms with Gasteiger partial charge in [0.1, 0.15) is 5.02 Å². The van der Waals surface area contributed by atoms with E-state index in [1.165, 1.54) is 0 Å². The van der Waals surface area contributed by atoms with Crippen molar-refractivity contribution in [1.29, 1.82) is 0 Å². The third-order valence-corrected chi connectivity index (χ3v) is 5.15. The Bertz CT molecular complexity index is 738. The Balaban J connectivity index is 0.00000113. The van der Waals surface area contributed by atoms with E-state index in [0.717, 1.165) is 37.7 Å². The van der Waals surface area contributed by atoms with Crippen LogP contribution < -0.4 is 15.5 Å². The van der Waals surface area contributed by atoms with Crippen LogP contribution in [0.2, 0.25) is 5.02 Å². The van der Waals surface area contributed by atoms with Crippen LogP contribution >= 0.6 is 36.4 Å². The summed E-state index contributed by atoms with van der Waals surface area (Å²) in [4.78, 5) is 11.2. The molecule has 2 aliphatic heterocycles. The fourth-order valence-corrected chi connectivity index (χ4v) is 3.79. The van der Waals surface area contributed by atoms with Crippen LogP contribution in [0.15, 0.2) is 18.6 Å². The lowest BCUT2D eigenvalue weighted by molar-refractivity contribution is 0.338. The summed E-state index contributed by atoms with van der Waals surface area (Å²) in [6.45, 7) is 6.40. The molecule has 2 aromatic heterocycles. The number of anilines is 3. The maximum absolute atomic E-state index is 6.36. The lowest BCUT2D eigenvalue weighted by Crippen LogP contribution is -2.30. The number of nitrogens with one attached hydrogen (secondary N) is 2. The standard InChI is InChI=1S/C15H20ClN7.2ClH/c1-15-8-17-3-10(15)6-23(9-15)13-12(16)5-18-14(21-13)20-11-4-19-22(2)7-11;;/h4-5,7,10,17H,3,6,8-9H2,1-2H3,(H,18,20,21);2*1H/t10-,15-;;/m1../s1. The van der Waals surface area contributed by atoms with Crippen molar-refractivity contribution in [3.8, 4) is 0 Å². The van der Waals surface area contributed by atoms with Gasteiger partial charge in [-0.25, -0.2) is 4.98 Å². The summed E-state index contributed by atoms with van der Waals surface area (Å²) in [5.41, 5.74) is 1.15. The van der Waals surface area contributed by atoms with Gasteiger partial charge in [-0.15, -0.1) is 24.8 Å². The van der Waals surface area contributed by atoms with Crippen LogP contribution in [0.3, 0.4) is 0 Å². The lowest BCUT2D eigenvalue weighted by Gasteiger charge is -2.23. The fraction of sp³-hybridized carbons (Fsp3) is 0.533. The second kappa shape index (κ2) is 7.53. The van der Waals surface area contributed by atoms with E-state index in [9.17, 15) is 0 Å². The molecule has 2 fully saturated rings.